The van der Waals surface area contributed by atoms with Crippen LogP contribution in [0.5, 0.6) is 0 Å². The lowest BCUT2D eigenvalue weighted by Crippen LogP contribution is -2.61. The number of rotatable bonds is 2. The first-order chi connectivity index (χ1) is 19.4. The predicted octanol–water partition coefficient (Wildman–Crippen LogP) is 7.73. The summed E-state index contributed by atoms with van der Waals surface area (Å²) in [7, 11) is 0. The van der Waals surface area contributed by atoms with Crippen molar-refractivity contribution < 1.29 is 4.42 Å². The zero-order chi connectivity index (χ0) is 25.5. The molecule has 0 saturated heterocycles. The molecule has 0 atom stereocenters. The van der Waals surface area contributed by atoms with Gasteiger partial charge in [-0.15, -0.1) is 11.3 Å². The minimum absolute atomic E-state index is 0.0663. The van der Waals surface area contributed by atoms with Crippen molar-refractivity contribution >= 4 is 89.1 Å². The summed E-state index contributed by atoms with van der Waals surface area (Å²) >= 11 is 1.84. The minimum atomic E-state index is 0.0663. The van der Waals surface area contributed by atoms with E-state index in [4.69, 9.17) is 4.42 Å². The van der Waals surface area contributed by atoms with E-state index < -0.39 is 0 Å². The quantitative estimate of drug-likeness (QED) is 0.219. The monoisotopic (exact) mass is 516 g/mol. The van der Waals surface area contributed by atoms with Gasteiger partial charge in [0, 0.05) is 44.0 Å². The van der Waals surface area contributed by atoms with Gasteiger partial charge in [0.1, 0.15) is 0 Å². The molecule has 0 unspecified atom stereocenters. The molecule has 2 aliphatic rings. The molecule has 5 aromatic carbocycles. The molecule has 0 aliphatic carbocycles. The van der Waals surface area contributed by atoms with E-state index in [-0.39, 0.29) is 6.71 Å². The number of fused-ring (bicyclic) bond motifs is 8. The Kier molecular flexibility index (Phi) is 4.29. The third kappa shape index (κ3) is 2.83. The van der Waals surface area contributed by atoms with Crippen molar-refractivity contribution in [3.8, 4) is 0 Å². The normalized spacial score (nSPS) is 13.5. The Bertz CT molecular complexity index is 2050. The first-order valence-corrected chi connectivity index (χ1v) is 14.1. The summed E-state index contributed by atoms with van der Waals surface area (Å²) in [6.07, 6.45) is 0. The maximum Gasteiger partial charge on any atom is 0.258 e. The Morgan fingerprint density at radius 1 is 0.538 bits per heavy atom. The standard InChI is InChI=1S/C34H21BN2OS/c1-3-12-22(13-4-1)36-26-18-9-8-17-25(26)35-30-27(36)19-11-20-28(30)37(23-14-5-2-6-15-23)34-31(35)33-32(38-34)24-16-7-10-21-29(24)39-33/h1-21H. The van der Waals surface area contributed by atoms with Crippen LogP contribution in [0.2, 0.25) is 0 Å². The van der Waals surface area contributed by atoms with E-state index in [1.54, 1.807) is 0 Å². The summed E-state index contributed by atoms with van der Waals surface area (Å²) in [5.41, 5.74) is 10.7. The van der Waals surface area contributed by atoms with Crippen LogP contribution < -0.4 is 26.2 Å². The predicted molar refractivity (Wildman–Crippen MR) is 166 cm³/mol. The molecule has 2 aromatic heterocycles. The Hall–Kier alpha value is -4.74. The molecule has 0 N–H and O–H groups in total. The minimum Gasteiger partial charge on any atom is -0.439 e. The molecule has 4 heterocycles. The molecule has 0 saturated carbocycles. The van der Waals surface area contributed by atoms with E-state index in [9.17, 15) is 0 Å². The number of anilines is 6. The van der Waals surface area contributed by atoms with Crippen LogP contribution in [0.4, 0.5) is 34.3 Å². The van der Waals surface area contributed by atoms with Gasteiger partial charge in [-0.05, 0) is 65.5 Å². The maximum absolute atomic E-state index is 6.91. The van der Waals surface area contributed by atoms with E-state index in [0.29, 0.717) is 0 Å². The molecular formula is C34H21BN2OS. The number of hydrogen-bond donors (Lipinski definition) is 0. The van der Waals surface area contributed by atoms with Gasteiger partial charge in [-0.2, -0.15) is 0 Å². The molecule has 0 fully saturated rings. The van der Waals surface area contributed by atoms with Gasteiger partial charge in [0.15, 0.2) is 5.58 Å². The molecule has 39 heavy (non-hydrogen) atoms. The molecule has 7 aromatic rings. The number of furan rings is 1. The summed E-state index contributed by atoms with van der Waals surface area (Å²) < 4.78 is 9.41. The number of thiophene rings is 1. The first kappa shape index (κ1) is 21.2. The third-order valence-corrected chi connectivity index (χ3v) is 9.25. The van der Waals surface area contributed by atoms with E-state index in [1.807, 2.05) is 11.3 Å². The van der Waals surface area contributed by atoms with Crippen molar-refractivity contribution in [2.75, 3.05) is 9.80 Å². The van der Waals surface area contributed by atoms with E-state index in [0.717, 1.165) is 28.5 Å². The SMILES string of the molecule is c1ccc(N2c3ccccc3B3c4c2cccc4N(c2ccccc2)c2oc4c(sc5ccccc54)c23)cc1. The third-order valence-electron chi connectivity index (χ3n) is 8.06. The van der Waals surface area contributed by atoms with Crippen molar-refractivity contribution in [2.24, 2.45) is 0 Å². The molecule has 2 aliphatic heterocycles. The zero-order valence-corrected chi connectivity index (χ0v) is 21.7. The van der Waals surface area contributed by atoms with Crippen LogP contribution in [0.3, 0.4) is 0 Å². The molecule has 0 radical (unpaired) electrons. The van der Waals surface area contributed by atoms with Crippen molar-refractivity contribution in [1.29, 1.82) is 0 Å². The Morgan fingerprint density at radius 3 is 1.95 bits per heavy atom. The van der Waals surface area contributed by atoms with Gasteiger partial charge < -0.3 is 9.32 Å². The van der Waals surface area contributed by atoms with Crippen molar-refractivity contribution in [2.45, 2.75) is 0 Å². The van der Waals surface area contributed by atoms with Gasteiger partial charge in [-0.3, -0.25) is 4.90 Å². The zero-order valence-electron chi connectivity index (χ0n) is 20.9. The molecular weight excluding hydrogens is 495 g/mol. The van der Waals surface area contributed by atoms with Gasteiger partial charge in [-0.1, -0.05) is 72.8 Å². The van der Waals surface area contributed by atoms with Crippen molar-refractivity contribution in [1.82, 2.24) is 0 Å². The largest absolute Gasteiger partial charge is 0.439 e. The fourth-order valence-corrected chi connectivity index (χ4v) is 7.71. The highest BCUT2D eigenvalue weighted by molar-refractivity contribution is 7.28. The Labute approximate surface area is 230 Å². The number of benzene rings is 5. The average molecular weight is 516 g/mol. The highest BCUT2D eigenvalue weighted by Gasteiger charge is 2.46. The molecule has 182 valence electrons. The van der Waals surface area contributed by atoms with Crippen LogP contribution in [0.25, 0.3) is 20.4 Å². The number of nitrogens with zero attached hydrogens (tertiary/aromatic N) is 2. The lowest BCUT2D eigenvalue weighted by Gasteiger charge is -2.42. The van der Waals surface area contributed by atoms with Gasteiger partial charge in [0.05, 0.1) is 4.70 Å². The van der Waals surface area contributed by atoms with Gasteiger partial charge in [0.25, 0.3) is 6.71 Å². The summed E-state index contributed by atoms with van der Waals surface area (Å²) in [5, 5.41) is 1.18. The molecule has 0 spiro atoms. The van der Waals surface area contributed by atoms with Crippen LogP contribution in [-0.4, -0.2) is 6.71 Å². The fourth-order valence-electron chi connectivity index (χ4n) is 6.52. The molecule has 0 amide bonds. The van der Waals surface area contributed by atoms with Gasteiger partial charge in [0.2, 0.25) is 5.88 Å². The van der Waals surface area contributed by atoms with Gasteiger partial charge in [-0.25, -0.2) is 0 Å². The Balaban J connectivity index is 1.43. The number of para-hydroxylation sites is 3. The van der Waals surface area contributed by atoms with Crippen molar-refractivity contribution in [3.05, 3.63) is 127 Å². The lowest BCUT2D eigenvalue weighted by atomic mass is 9.34. The molecule has 0 bridgehead atoms. The summed E-state index contributed by atoms with van der Waals surface area (Å²) in [4.78, 5) is 4.74. The highest BCUT2D eigenvalue weighted by atomic mass is 32.1. The first-order valence-electron chi connectivity index (χ1n) is 13.2. The second-order valence-electron chi connectivity index (χ2n) is 10.1. The lowest BCUT2D eigenvalue weighted by molar-refractivity contribution is 0.626. The molecule has 3 nitrogen and oxygen atoms in total. The Morgan fingerprint density at radius 2 is 1.15 bits per heavy atom. The van der Waals surface area contributed by atoms with Crippen LogP contribution in [0.1, 0.15) is 0 Å². The van der Waals surface area contributed by atoms with E-state index in [1.165, 1.54) is 42.5 Å². The maximum atomic E-state index is 6.91. The fraction of sp³-hybridized carbons (Fsp3) is 0. The van der Waals surface area contributed by atoms with Crippen LogP contribution >= 0.6 is 11.3 Å². The topological polar surface area (TPSA) is 19.6 Å². The number of hydrogen-bond acceptors (Lipinski definition) is 4. The van der Waals surface area contributed by atoms with Crippen LogP contribution in [0.15, 0.2) is 132 Å². The molecule has 9 rings (SSSR count). The van der Waals surface area contributed by atoms with Crippen LogP contribution in [-0.2, 0) is 0 Å². The summed E-state index contributed by atoms with van der Waals surface area (Å²) in [6.45, 7) is 0.0663. The van der Waals surface area contributed by atoms with Crippen LogP contribution in [0, 0.1) is 0 Å². The molecule has 5 heteroatoms. The summed E-state index contributed by atoms with van der Waals surface area (Å²) in [5.74, 6) is 0.922. The second-order valence-corrected chi connectivity index (χ2v) is 11.2. The van der Waals surface area contributed by atoms with E-state index >= 15 is 0 Å². The smallest absolute Gasteiger partial charge is 0.258 e. The van der Waals surface area contributed by atoms with E-state index in [2.05, 4.69) is 137 Å². The highest BCUT2D eigenvalue weighted by Crippen LogP contribution is 2.47. The van der Waals surface area contributed by atoms with Gasteiger partial charge >= 0.3 is 0 Å². The van der Waals surface area contributed by atoms with Crippen molar-refractivity contribution in [3.63, 3.8) is 0 Å². The summed E-state index contributed by atoms with van der Waals surface area (Å²) in [6, 6.07) is 45.5. The second kappa shape index (κ2) is 7.89. The average Bonchev–Trinajstić information content (AvgIpc) is 3.54.